The van der Waals surface area contributed by atoms with Crippen LogP contribution in [0.3, 0.4) is 0 Å². The second kappa shape index (κ2) is 5.67. The number of hydrogen-bond acceptors (Lipinski definition) is 1. The van der Waals surface area contributed by atoms with Gasteiger partial charge in [0.2, 0.25) is 0 Å². The summed E-state index contributed by atoms with van der Waals surface area (Å²) in [6.07, 6.45) is 2.25. The Morgan fingerprint density at radius 3 is 2.72 bits per heavy atom. The minimum Gasteiger partial charge on any atom is -0.364 e. The molecule has 0 saturated heterocycles. The first-order valence-electron chi connectivity index (χ1n) is 6.18. The van der Waals surface area contributed by atoms with Gasteiger partial charge in [0.15, 0.2) is 0 Å². The van der Waals surface area contributed by atoms with E-state index in [1.54, 1.807) is 0 Å². The monoisotopic (exact) mass is 248 g/mol. The molecule has 0 aliphatic carbocycles. The molecule has 0 spiro atoms. The summed E-state index contributed by atoms with van der Waals surface area (Å²) in [5.41, 5.74) is 6.92. The molecule has 0 bridgehead atoms. The lowest BCUT2D eigenvalue weighted by molar-refractivity contribution is 0.0991. The van der Waals surface area contributed by atoms with Gasteiger partial charge in [-0.15, -0.1) is 0 Å². The maximum atomic E-state index is 12.0. The number of carbonyl (C=O) groups excluding carboxylic acids is 1. The Labute approximate surface area is 105 Å². The minimum atomic E-state index is -0.420. The Bertz CT molecular complexity index is 548. The van der Waals surface area contributed by atoms with Gasteiger partial charge in [0, 0.05) is 17.4 Å². The molecule has 1 amide bonds. The van der Waals surface area contributed by atoms with Crippen molar-refractivity contribution in [2.24, 2.45) is 5.73 Å². The molecule has 3 nitrogen and oxygen atoms in total. The molecule has 18 heavy (non-hydrogen) atoms. The molecule has 2 rings (SSSR count). The predicted octanol–water partition coefficient (Wildman–Crippen LogP) is 2.88. The van der Waals surface area contributed by atoms with Gasteiger partial charge in [0.05, 0.1) is 6.67 Å². The van der Waals surface area contributed by atoms with E-state index < -0.39 is 5.91 Å². The van der Waals surface area contributed by atoms with Crippen LogP contribution in [0.1, 0.15) is 29.8 Å². The first kappa shape index (κ1) is 12.6. The van der Waals surface area contributed by atoms with E-state index in [2.05, 4.69) is 0 Å². The number of carbonyl (C=O) groups is 1. The van der Waals surface area contributed by atoms with E-state index in [1.165, 1.54) is 0 Å². The Morgan fingerprint density at radius 1 is 1.22 bits per heavy atom. The smallest absolute Gasteiger partial charge is 0.265 e. The van der Waals surface area contributed by atoms with Crippen molar-refractivity contribution >= 4 is 16.8 Å². The van der Waals surface area contributed by atoms with Gasteiger partial charge in [-0.05, 0) is 31.4 Å². The van der Waals surface area contributed by atoms with Crippen molar-refractivity contribution in [3.8, 4) is 0 Å². The molecule has 0 aliphatic rings. The predicted molar refractivity (Wildman–Crippen MR) is 70.3 cm³/mol. The van der Waals surface area contributed by atoms with E-state index in [9.17, 15) is 9.18 Å². The topological polar surface area (TPSA) is 48.0 Å². The van der Waals surface area contributed by atoms with Crippen LogP contribution >= 0.6 is 0 Å². The number of fused-ring (bicyclic) bond motifs is 1. The highest BCUT2D eigenvalue weighted by Gasteiger charge is 2.11. The minimum absolute atomic E-state index is 0.283. The third-order valence-electron chi connectivity index (χ3n) is 3.08. The average molecular weight is 248 g/mol. The number of para-hydroxylation sites is 1. The highest BCUT2D eigenvalue weighted by atomic mass is 19.1. The number of aromatic nitrogens is 1. The molecule has 4 heteroatoms. The Hall–Kier alpha value is -1.84. The molecule has 1 heterocycles. The normalized spacial score (nSPS) is 10.9. The molecule has 0 saturated carbocycles. The van der Waals surface area contributed by atoms with Crippen molar-refractivity contribution in [3.05, 3.63) is 36.0 Å². The number of amides is 1. The van der Waals surface area contributed by atoms with Crippen LogP contribution in [-0.2, 0) is 6.54 Å². The van der Waals surface area contributed by atoms with Crippen LogP contribution in [0.5, 0.6) is 0 Å². The third kappa shape index (κ3) is 2.53. The van der Waals surface area contributed by atoms with Crippen LogP contribution in [-0.4, -0.2) is 17.1 Å². The molecule has 1 aromatic heterocycles. The summed E-state index contributed by atoms with van der Waals surface area (Å²) in [5.74, 6) is -0.420. The van der Waals surface area contributed by atoms with Crippen molar-refractivity contribution in [1.82, 2.24) is 4.57 Å². The molecule has 0 unspecified atom stereocenters. The van der Waals surface area contributed by atoms with Crippen LogP contribution in [0, 0.1) is 0 Å². The fraction of sp³-hybridized carbons (Fsp3) is 0.357. The fourth-order valence-corrected chi connectivity index (χ4v) is 2.20. The molecule has 2 aromatic rings. The summed E-state index contributed by atoms with van der Waals surface area (Å²) in [5, 5.41) is 1.01. The van der Waals surface area contributed by atoms with E-state index in [4.69, 9.17) is 5.73 Å². The van der Waals surface area contributed by atoms with Crippen LogP contribution in [0.2, 0.25) is 0 Å². The number of hydrogen-bond donors (Lipinski definition) is 1. The molecule has 0 radical (unpaired) electrons. The third-order valence-corrected chi connectivity index (χ3v) is 3.08. The van der Waals surface area contributed by atoms with E-state index in [1.807, 2.05) is 34.9 Å². The summed E-state index contributed by atoms with van der Waals surface area (Å²) in [7, 11) is 0. The summed E-state index contributed by atoms with van der Waals surface area (Å²) in [6, 6.07) is 9.61. The SMILES string of the molecule is NC(=O)c1cc2ccccc2n1CCCCCF. The van der Waals surface area contributed by atoms with Gasteiger partial charge in [0.25, 0.3) is 5.91 Å². The standard InChI is InChI=1S/C14H17FN2O/c15-8-4-1-5-9-17-12-7-3-2-6-11(12)10-13(17)14(16)18/h2-3,6-7,10H,1,4-5,8-9H2,(H2,16,18). The number of unbranched alkanes of at least 4 members (excludes halogenated alkanes) is 2. The van der Waals surface area contributed by atoms with Gasteiger partial charge in [-0.2, -0.15) is 0 Å². The van der Waals surface area contributed by atoms with Crippen molar-refractivity contribution < 1.29 is 9.18 Å². The zero-order chi connectivity index (χ0) is 13.0. The fourth-order valence-electron chi connectivity index (χ4n) is 2.20. The first-order chi connectivity index (χ1) is 8.74. The van der Waals surface area contributed by atoms with E-state index in [-0.39, 0.29) is 6.67 Å². The lowest BCUT2D eigenvalue weighted by Crippen LogP contribution is -2.17. The molecular formula is C14H17FN2O. The maximum absolute atomic E-state index is 12.0. The van der Waals surface area contributed by atoms with Gasteiger partial charge >= 0.3 is 0 Å². The largest absolute Gasteiger partial charge is 0.364 e. The second-order valence-electron chi connectivity index (χ2n) is 4.35. The Kier molecular flexibility index (Phi) is 3.97. The van der Waals surface area contributed by atoms with E-state index in [0.717, 1.165) is 23.7 Å². The molecule has 1 aromatic carbocycles. The number of aryl methyl sites for hydroxylation is 1. The first-order valence-corrected chi connectivity index (χ1v) is 6.18. The lowest BCUT2D eigenvalue weighted by atomic mass is 10.2. The number of nitrogens with zero attached hydrogens (tertiary/aromatic N) is 1. The number of halogens is 1. The quantitative estimate of drug-likeness (QED) is 0.785. The van der Waals surface area contributed by atoms with E-state index in [0.29, 0.717) is 18.7 Å². The molecule has 2 N–H and O–H groups in total. The van der Waals surface area contributed by atoms with Gasteiger partial charge in [-0.25, -0.2) is 0 Å². The van der Waals surface area contributed by atoms with Gasteiger partial charge < -0.3 is 10.3 Å². The number of benzene rings is 1. The lowest BCUT2D eigenvalue weighted by Gasteiger charge is -2.08. The van der Waals surface area contributed by atoms with Crippen LogP contribution in [0.15, 0.2) is 30.3 Å². The van der Waals surface area contributed by atoms with Crippen LogP contribution < -0.4 is 5.73 Å². The van der Waals surface area contributed by atoms with Crippen molar-refractivity contribution in [2.45, 2.75) is 25.8 Å². The summed E-state index contributed by atoms with van der Waals surface area (Å²) < 4.78 is 14.0. The molecule has 0 atom stereocenters. The second-order valence-corrected chi connectivity index (χ2v) is 4.35. The highest BCUT2D eigenvalue weighted by molar-refractivity contribution is 5.97. The van der Waals surface area contributed by atoms with Crippen molar-refractivity contribution in [3.63, 3.8) is 0 Å². The van der Waals surface area contributed by atoms with E-state index >= 15 is 0 Å². The number of alkyl halides is 1. The highest BCUT2D eigenvalue weighted by Crippen LogP contribution is 2.20. The Morgan fingerprint density at radius 2 is 2.00 bits per heavy atom. The van der Waals surface area contributed by atoms with Gasteiger partial charge in [-0.1, -0.05) is 18.2 Å². The van der Waals surface area contributed by atoms with Gasteiger partial charge in [-0.3, -0.25) is 9.18 Å². The average Bonchev–Trinajstić information content (AvgIpc) is 2.74. The molecule has 96 valence electrons. The van der Waals surface area contributed by atoms with Crippen molar-refractivity contribution in [2.75, 3.05) is 6.67 Å². The molecule has 0 fully saturated rings. The van der Waals surface area contributed by atoms with Crippen molar-refractivity contribution in [1.29, 1.82) is 0 Å². The van der Waals surface area contributed by atoms with Crippen LogP contribution in [0.25, 0.3) is 10.9 Å². The zero-order valence-electron chi connectivity index (χ0n) is 10.2. The number of rotatable bonds is 6. The number of nitrogens with two attached hydrogens (primary N) is 1. The summed E-state index contributed by atoms with van der Waals surface area (Å²) in [6.45, 7) is 0.418. The van der Waals surface area contributed by atoms with Crippen LogP contribution in [0.4, 0.5) is 4.39 Å². The Balaban J connectivity index is 2.27. The summed E-state index contributed by atoms with van der Waals surface area (Å²) in [4.78, 5) is 11.4. The molecular weight excluding hydrogens is 231 g/mol. The summed E-state index contributed by atoms with van der Waals surface area (Å²) >= 11 is 0. The number of primary amides is 1. The zero-order valence-corrected chi connectivity index (χ0v) is 10.2. The maximum Gasteiger partial charge on any atom is 0.265 e. The van der Waals surface area contributed by atoms with Gasteiger partial charge in [0.1, 0.15) is 5.69 Å². The molecule has 0 aliphatic heterocycles.